The Labute approximate surface area is 162 Å². The van der Waals surface area contributed by atoms with Crippen LogP contribution < -0.4 is 9.64 Å². The first kappa shape index (κ1) is 19.2. The summed E-state index contributed by atoms with van der Waals surface area (Å²) in [6.45, 7) is 7.58. The molecule has 0 bridgehead atoms. The molecule has 0 saturated carbocycles. The highest BCUT2D eigenvalue weighted by atomic mass is 16.5. The van der Waals surface area contributed by atoms with E-state index in [0.717, 1.165) is 38.5 Å². The third-order valence-electron chi connectivity index (χ3n) is 5.10. The number of nitrogens with zero attached hydrogens (tertiary/aromatic N) is 3. The summed E-state index contributed by atoms with van der Waals surface area (Å²) in [5.41, 5.74) is 2.36. The highest BCUT2D eigenvalue weighted by Gasteiger charge is 2.21. The Morgan fingerprint density at radius 2 is 1.78 bits per heavy atom. The molecule has 1 fully saturated rings. The van der Waals surface area contributed by atoms with Crippen LogP contribution in [0.2, 0.25) is 0 Å². The smallest absolute Gasteiger partial charge is 0.237 e. The molecular formula is C22H29N3O2. The Bertz CT molecular complexity index is 727. The minimum absolute atomic E-state index is 0.205. The number of amides is 1. The van der Waals surface area contributed by atoms with Crippen LogP contribution in [0.3, 0.4) is 0 Å². The van der Waals surface area contributed by atoms with E-state index in [-0.39, 0.29) is 5.91 Å². The second-order valence-corrected chi connectivity index (χ2v) is 6.86. The predicted molar refractivity (Wildman–Crippen MR) is 109 cm³/mol. The third-order valence-corrected chi connectivity index (χ3v) is 5.10. The first-order valence-electron chi connectivity index (χ1n) is 9.62. The molecule has 1 amide bonds. The Balaban J connectivity index is 1.51. The van der Waals surface area contributed by atoms with Gasteiger partial charge in [0.05, 0.1) is 13.7 Å². The van der Waals surface area contributed by atoms with E-state index in [1.165, 1.54) is 11.3 Å². The molecule has 0 N–H and O–H groups in total. The normalized spacial score (nSPS) is 14.8. The van der Waals surface area contributed by atoms with E-state index in [4.69, 9.17) is 4.74 Å². The highest BCUT2D eigenvalue weighted by Crippen LogP contribution is 2.22. The van der Waals surface area contributed by atoms with Gasteiger partial charge < -0.3 is 14.5 Å². The minimum atomic E-state index is 0.205. The molecule has 1 saturated heterocycles. The molecule has 144 valence electrons. The SMILES string of the molecule is CCN(Cc1ccccc1)C(=O)CN1CCN(c2cccc(OC)c2)CC1. The number of rotatable bonds is 7. The fraction of sp³-hybridized carbons (Fsp3) is 0.409. The lowest BCUT2D eigenvalue weighted by molar-refractivity contribution is -0.132. The summed E-state index contributed by atoms with van der Waals surface area (Å²) in [6, 6.07) is 18.4. The molecule has 1 aliphatic heterocycles. The zero-order valence-corrected chi connectivity index (χ0v) is 16.3. The van der Waals surface area contributed by atoms with Crippen molar-refractivity contribution in [3.05, 3.63) is 60.2 Å². The summed E-state index contributed by atoms with van der Waals surface area (Å²) >= 11 is 0. The fourth-order valence-electron chi connectivity index (χ4n) is 3.44. The second kappa shape index (κ2) is 9.42. The average Bonchev–Trinajstić information content (AvgIpc) is 2.73. The Hall–Kier alpha value is -2.53. The van der Waals surface area contributed by atoms with Crippen molar-refractivity contribution >= 4 is 11.6 Å². The van der Waals surface area contributed by atoms with E-state index in [2.05, 4.69) is 34.1 Å². The van der Waals surface area contributed by atoms with Crippen LogP contribution in [0.25, 0.3) is 0 Å². The van der Waals surface area contributed by atoms with Gasteiger partial charge >= 0.3 is 0 Å². The Morgan fingerprint density at radius 1 is 1.04 bits per heavy atom. The van der Waals surface area contributed by atoms with Crippen molar-refractivity contribution in [1.82, 2.24) is 9.80 Å². The molecule has 27 heavy (non-hydrogen) atoms. The predicted octanol–water partition coefficient (Wildman–Crippen LogP) is 2.87. The van der Waals surface area contributed by atoms with Gasteiger partial charge in [-0.05, 0) is 24.6 Å². The van der Waals surface area contributed by atoms with Gasteiger partial charge in [0.1, 0.15) is 5.75 Å². The summed E-state index contributed by atoms with van der Waals surface area (Å²) in [5, 5.41) is 0. The van der Waals surface area contributed by atoms with Crippen LogP contribution in [0.5, 0.6) is 5.75 Å². The third kappa shape index (κ3) is 5.23. The topological polar surface area (TPSA) is 36.0 Å². The van der Waals surface area contributed by atoms with E-state index in [0.29, 0.717) is 13.1 Å². The van der Waals surface area contributed by atoms with Gasteiger partial charge in [-0.2, -0.15) is 0 Å². The quantitative estimate of drug-likeness (QED) is 0.754. The molecule has 0 unspecified atom stereocenters. The Kier molecular flexibility index (Phi) is 6.71. The number of hydrogen-bond donors (Lipinski definition) is 0. The van der Waals surface area contributed by atoms with Gasteiger partial charge in [-0.1, -0.05) is 36.4 Å². The van der Waals surface area contributed by atoms with Crippen LogP contribution in [0, 0.1) is 0 Å². The van der Waals surface area contributed by atoms with Gasteiger partial charge in [0, 0.05) is 51.0 Å². The largest absolute Gasteiger partial charge is 0.497 e. The van der Waals surface area contributed by atoms with Gasteiger partial charge in [-0.25, -0.2) is 0 Å². The number of carbonyl (C=O) groups is 1. The van der Waals surface area contributed by atoms with Gasteiger partial charge in [0.25, 0.3) is 0 Å². The van der Waals surface area contributed by atoms with Crippen LogP contribution in [-0.4, -0.2) is 62.1 Å². The maximum absolute atomic E-state index is 12.7. The van der Waals surface area contributed by atoms with Gasteiger partial charge in [0.2, 0.25) is 5.91 Å². The minimum Gasteiger partial charge on any atom is -0.497 e. The molecule has 0 radical (unpaired) electrons. The van der Waals surface area contributed by atoms with Gasteiger partial charge in [0.15, 0.2) is 0 Å². The van der Waals surface area contributed by atoms with Crippen molar-refractivity contribution in [2.24, 2.45) is 0 Å². The second-order valence-electron chi connectivity index (χ2n) is 6.86. The van der Waals surface area contributed by atoms with E-state index in [1.54, 1.807) is 7.11 Å². The van der Waals surface area contributed by atoms with Crippen LogP contribution in [-0.2, 0) is 11.3 Å². The number of ether oxygens (including phenoxy) is 1. The maximum atomic E-state index is 12.7. The number of benzene rings is 2. The number of piperazine rings is 1. The van der Waals surface area contributed by atoms with Crippen molar-refractivity contribution in [2.45, 2.75) is 13.5 Å². The lowest BCUT2D eigenvalue weighted by atomic mass is 10.2. The molecule has 0 spiro atoms. The van der Waals surface area contributed by atoms with Crippen LogP contribution in [0.4, 0.5) is 5.69 Å². The maximum Gasteiger partial charge on any atom is 0.237 e. The molecule has 5 heteroatoms. The molecule has 0 atom stereocenters. The van der Waals surface area contributed by atoms with Crippen LogP contribution in [0.15, 0.2) is 54.6 Å². The first-order chi connectivity index (χ1) is 13.2. The number of methoxy groups -OCH3 is 1. The number of anilines is 1. The molecule has 3 rings (SSSR count). The summed E-state index contributed by atoms with van der Waals surface area (Å²) < 4.78 is 5.32. The lowest BCUT2D eigenvalue weighted by Gasteiger charge is -2.36. The van der Waals surface area contributed by atoms with E-state index in [9.17, 15) is 4.79 Å². The molecule has 5 nitrogen and oxygen atoms in total. The number of likely N-dealkylation sites (N-methyl/N-ethyl adjacent to an activating group) is 1. The van der Waals surface area contributed by atoms with E-state index in [1.807, 2.05) is 42.2 Å². The Morgan fingerprint density at radius 3 is 2.44 bits per heavy atom. The standard InChI is InChI=1S/C22H29N3O2/c1-3-24(17-19-8-5-4-6-9-19)22(26)18-23-12-14-25(15-13-23)20-10-7-11-21(16-20)27-2/h4-11,16H,3,12-15,17-18H2,1-2H3. The molecule has 2 aromatic carbocycles. The van der Waals surface area contributed by atoms with E-state index < -0.39 is 0 Å². The number of carbonyl (C=O) groups excluding carboxylic acids is 1. The monoisotopic (exact) mass is 367 g/mol. The van der Waals surface area contributed by atoms with Crippen LogP contribution in [0.1, 0.15) is 12.5 Å². The zero-order valence-electron chi connectivity index (χ0n) is 16.3. The summed E-state index contributed by atoms with van der Waals surface area (Å²) in [4.78, 5) is 19.3. The van der Waals surface area contributed by atoms with Crippen LogP contribution >= 0.6 is 0 Å². The summed E-state index contributed by atoms with van der Waals surface area (Å²) in [5.74, 6) is 1.08. The number of hydrogen-bond acceptors (Lipinski definition) is 4. The van der Waals surface area contributed by atoms with E-state index >= 15 is 0 Å². The van der Waals surface area contributed by atoms with Crippen molar-refractivity contribution in [2.75, 3.05) is 51.3 Å². The molecule has 0 aromatic heterocycles. The first-order valence-corrected chi connectivity index (χ1v) is 9.62. The fourth-order valence-corrected chi connectivity index (χ4v) is 3.44. The molecule has 0 aliphatic carbocycles. The van der Waals surface area contributed by atoms with Gasteiger partial charge in [-0.3, -0.25) is 9.69 Å². The van der Waals surface area contributed by atoms with Gasteiger partial charge in [-0.15, -0.1) is 0 Å². The molecule has 2 aromatic rings. The molecule has 1 aliphatic rings. The average molecular weight is 367 g/mol. The lowest BCUT2D eigenvalue weighted by Crippen LogP contribution is -2.50. The summed E-state index contributed by atoms with van der Waals surface area (Å²) in [6.07, 6.45) is 0. The molecular weight excluding hydrogens is 338 g/mol. The van der Waals surface area contributed by atoms with Crippen molar-refractivity contribution in [3.8, 4) is 5.75 Å². The van der Waals surface area contributed by atoms with Crippen molar-refractivity contribution < 1.29 is 9.53 Å². The van der Waals surface area contributed by atoms with Crippen molar-refractivity contribution in [3.63, 3.8) is 0 Å². The molecule has 1 heterocycles. The zero-order chi connectivity index (χ0) is 19.1. The summed E-state index contributed by atoms with van der Waals surface area (Å²) in [7, 11) is 1.69. The van der Waals surface area contributed by atoms with Crippen molar-refractivity contribution in [1.29, 1.82) is 0 Å². The highest BCUT2D eigenvalue weighted by molar-refractivity contribution is 5.78.